The van der Waals surface area contributed by atoms with Crippen LogP contribution in [-0.2, 0) is 6.42 Å². The van der Waals surface area contributed by atoms with Crippen LogP contribution < -0.4 is 5.32 Å². The van der Waals surface area contributed by atoms with Crippen molar-refractivity contribution < 1.29 is 4.42 Å². The van der Waals surface area contributed by atoms with Crippen molar-refractivity contribution in [3.63, 3.8) is 0 Å². The van der Waals surface area contributed by atoms with Gasteiger partial charge < -0.3 is 9.73 Å². The Balaban J connectivity index is 0.000000250. The number of hydrogen-bond donors (Lipinski definition) is 1. The maximum absolute atomic E-state index is 6.81. The van der Waals surface area contributed by atoms with Crippen LogP contribution >= 0.6 is 22.7 Å². The Morgan fingerprint density at radius 2 is 1.24 bits per heavy atom. The van der Waals surface area contributed by atoms with Crippen molar-refractivity contribution in [2.75, 3.05) is 0 Å². The third kappa shape index (κ3) is 6.20. The molecule has 4 nitrogen and oxygen atoms in total. The van der Waals surface area contributed by atoms with Gasteiger partial charge in [0.05, 0.1) is 0 Å². The lowest BCUT2D eigenvalue weighted by atomic mass is 9.90. The van der Waals surface area contributed by atoms with E-state index < -0.39 is 0 Å². The SMILES string of the molecule is Cc1cc(-c2ccc3c(c2)sc2ccccc23)c2oc3c(c2c1)C(C1N=C(C2=CCCC=C2)NC(c2ccccc2)=N1)=CCC3.c1ccc2c(c1)sc1ccccc12. The summed E-state index contributed by atoms with van der Waals surface area (Å²) in [5.74, 6) is 2.75. The number of thiophene rings is 2. The van der Waals surface area contributed by atoms with Crippen LogP contribution in [0.2, 0.25) is 0 Å². The van der Waals surface area contributed by atoms with Gasteiger partial charge in [-0.2, -0.15) is 0 Å². The van der Waals surface area contributed by atoms with Crippen molar-refractivity contribution in [3.8, 4) is 11.1 Å². The van der Waals surface area contributed by atoms with Crippen molar-refractivity contribution in [1.82, 2.24) is 5.32 Å². The molecule has 6 aromatic carbocycles. The zero-order chi connectivity index (χ0) is 38.6. The third-order valence-corrected chi connectivity index (χ3v) is 13.6. The summed E-state index contributed by atoms with van der Waals surface area (Å²) in [6.07, 6.45) is 12.5. The minimum Gasteiger partial charge on any atom is -0.460 e. The molecule has 0 bridgehead atoms. The number of aryl methyl sites for hydroxylation is 2. The highest BCUT2D eigenvalue weighted by atomic mass is 32.1. The number of furan rings is 1. The fourth-order valence-corrected chi connectivity index (χ4v) is 10.9. The topological polar surface area (TPSA) is 49.9 Å². The molecule has 1 atom stereocenters. The predicted octanol–water partition coefficient (Wildman–Crippen LogP) is 14.2. The van der Waals surface area contributed by atoms with Crippen LogP contribution in [0.15, 0.2) is 178 Å². The van der Waals surface area contributed by atoms with E-state index in [1.807, 2.05) is 28.7 Å². The van der Waals surface area contributed by atoms with E-state index in [2.05, 4.69) is 164 Å². The highest BCUT2D eigenvalue weighted by Crippen LogP contribution is 2.44. The van der Waals surface area contributed by atoms with E-state index in [-0.39, 0.29) is 6.17 Å². The Hall–Kier alpha value is -6.34. The van der Waals surface area contributed by atoms with Gasteiger partial charge in [-0.15, -0.1) is 22.7 Å². The highest BCUT2D eigenvalue weighted by molar-refractivity contribution is 7.26. The monoisotopic (exact) mass is 785 g/mol. The van der Waals surface area contributed by atoms with Crippen LogP contribution in [0.25, 0.3) is 68.0 Å². The van der Waals surface area contributed by atoms with Crippen LogP contribution in [0.3, 0.4) is 0 Å². The Labute approximate surface area is 344 Å². The van der Waals surface area contributed by atoms with Crippen LogP contribution in [0.5, 0.6) is 0 Å². The lowest BCUT2D eigenvalue weighted by molar-refractivity contribution is 0.544. The summed E-state index contributed by atoms with van der Waals surface area (Å²) in [4.78, 5) is 10.5. The van der Waals surface area contributed by atoms with E-state index in [4.69, 9.17) is 14.4 Å². The molecule has 4 heterocycles. The summed E-state index contributed by atoms with van der Waals surface area (Å²) in [7, 11) is 0. The van der Waals surface area contributed by atoms with Crippen molar-refractivity contribution >= 4 is 91.2 Å². The third-order valence-electron chi connectivity index (χ3n) is 11.3. The molecule has 12 rings (SSSR count). The Morgan fingerprint density at radius 3 is 1.95 bits per heavy atom. The van der Waals surface area contributed by atoms with E-state index >= 15 is 0 Å². The Bertz CT molecular complexity index is 3180. The number of rotatable bonds is 4. The standard InChI is InChI=1S/C40H31N3OS.C12H8S/c1-24-21-31(27-19-20-29-28-15-8-9-18-34(28)45-35(29)23-27)37-32(22-24)36-30(16-10-17-33(36)44-37)40-42-38(25-11-4-2-5-12-25)41-39(43-40)26-13-6-3-7-14-26;1-3-7-11-9(5-1)10-6-2-4-8-12(10)13-11/h2,4-6,8-9,11-16,18-23,40H,3,7,10,17H2,1H3,(H,41,42,43);1-8H. The minimum absolute atomic E-state index is 0.369. The first kappa shape index (κ1) is 34.9. The summed E-state index contributed by atoms with van der Waals surface area (Å²) in [6, 6.07) is 47.5. The van der Waals surface area contributed by atoms with Crippen molar-refractivity contribution in [2.45, 2.75) is 38.8 Å². The van der Waals surface area contributed by atoms with Crippen LogP contribution in [0, 0.1) is 6.92 Å². The molecular weight excluding hydrogens is 747 g/mol. The first-order valence-electron chi connectivity index (χ1n) is 20.0. The van der Waals surface area contributed by atoms with Gasteiger partial charge in [0, 0.05) is 80.0 Å². The minimum atomic E-state index is -0.369. The number of amidine groups is 2. The smallest absolute Gasteiger partial charge is 0.170 e. The molecule has 3 aromatic heterocycles. The van der Waals surface area contributed by atoms with E-state index in [0.29, 0.717) is 0 Å². The van der Waals surface area contributed by atoms with Gasteiger partial charge in [0.2, 0.25) is 0 Å². The van der Waals surface area contributed by atoms with Gasteiger partial charge in [-0.3, -0.25) is 0 Å². The fraction of sp³-hybridized carbons (Fsp3) is 0.115. The van der Waals surface area contributed by atoms with Crippen LogP contribution in [0.1, 0.15) is 41.7 Å². The molecule has 58 heavy (non-hydrogen) atoms. The molecule has 0 spiro atoms. The summed E-state index contributed by atoms with van der Waals surface area (Å²) in [5.41, 5.74) is 8.94. The molecule has 280 valence electrons. The van der Waals surface area contributed by atoms with E-state index in [0.717, 1.165) is 81.9 Å². The van der Waals surface area contributed by atoms with E-state index in [1.165, 1.54) is 51.5 Å². The van der Waals surface area contributed by atoms with Gasteiger partial charge in [-0.1, -0.05) is 121 Å². The normalized spacial score (nSPS) is 16.4. The first-order chi connectivity index (χ1) is 28.6. The van der Waals surface area contributed by atoms with Crippen molar-refractivity contribution in [2.24, 2.45) is 9.98 Å². The number of hydrogen-bond acceptors (Lipinski definition) is 6. The van der Waals surface area contributed by atoms with Gasteiger partial charge in [0.1, 0.15) is 23.0 Å². The molecule has 9 aromatic rings. The summed E-state index contributed by atoms with van der Waals surface area (Å²) in [5, 5.41) is 10.1. The quantitative estimate of drug-likeness (QED) is 0.193. The average molecular weight is 786 g/mol. The fourth-order valence-electron chi connectivity index (χ4n) is 8.63. The Morgan fingerprint density at radius 1 is 0.586 bits per heavy atom. The van der Waals surface area contributed by atoms with E-state index in [1.54, 1.807) is 0 Å². The molecule has 3 aliphatic rings. The molecule has 0 fully saturated rings. The van der Waals surface area contributed by atoms with Crippen molar-refractivity contribution in [1.29, 1.82) is 0 Å². The molecule has 1 aliphatic heterocycles. The van der Waals surface area contributed by atoms with Crippen LogP contribution in [0.4, 0.5) is 0 Å². The molecule has 6 heteroatoms. The zero-order valence-corrected chi connectivity index (χ0v) is 33.7. The highest BCUT2D eigenvalue weighted by Gasteiger charge is 2.30. The molecule has 0 radical (unpaired) electrons. The molecular formula is C52H39N3OS2. The Kier molecular flexibility index (Phi) is 8.75. The lowest BCUT2D eigenvalue weighted by Gasteiger charge is -2.26. The number of fused-ring (bicyclic) bond motifs is 9. The maximum Gasteiger partial charge on any atom is 0.170 e. The molecule has 1 N–H and O–H groups in total. The number of benzene rings is 6. The second-order valence-electron chi connectivity index (χ2n) is 15.2. The summed E-state index contributed by atoms with van der Waals surface area (Å²) < 4.78 is 12.2. The first-order valence-corrected chi connectivity index (χ1v) is 21.7. The lowest BCUT2D eigenvalue weighted by Crippen LogP contribution is -2.38. The summed E-state index contributed by atoms with van der Waals surface area (Å²) in [6.45, 7) is 2.18. The molecule has 0 amide bonds. The zero-order valence-electron chi connectivity index (χ0n) is 32.0. The molecule has 0 saturated heterocycles. The summed E-state index contributed by atoms with van der Waals surface area (Å²) >= 11 is 3.71. The second kappa shape index (κ2) is 14.6. The number of nitrogens with one attached hydrogen (secondary N) is 1. The van der Waals surface area contributed by atoms with Crippen LogP contribution in [-0.4, -0.2) is 17.8 Å². The molecule has 0 saturated carbocycles. The molecule has 1 unspecified atom stereocenters. The van der Waals surface area contributed by atoms with E-state index in [9.17, 15) is 0 Å². The van der Waals surface area contributed by atoms with Crippen molar-refractivity contribution in [3.05, 3.63) is 186 Å². The number of aliphatic imine (C=N–C) groups is 2. The van der Waals surface area contributed by atoms with Gasteiger partial charge in [-0.05, 0) is 73.7 Å². The predicted molar refractivity (Wildman–Crippen MR) is 249 cm³/mol. The van der Waals surface area contributed by atoms with Gasteiger partial charge in [0.25, 0.3) is 0 Å². The van der Waals surface area contributed by atoms with Gasteiger partial charge in [-0.25, -0.2) is 9.98 Å². The number of nitrogens with zero attached hydrogens (tertiary/aromatic N) is 2. The van der Waals surface area contributed by atoms with Gasteiger partial charge >= 0.3 is 0 Å². The average Bonchev–Trinajstić information content (AvgIpc) is 3.98. The largest absolute Gasteiger partial charge is 0.460 e. The second-order valence-corrected chi connectivity index (χ2v) is 17.3. The molecule has 2 aliphatic carbocycles. The van der Waals surface area contributed by atoms with Gasteiger partial charge in [0.15, 0.2) is 6.17 Å². The maximum atomic E-state index is 6.81. The number of allylic oxidation sites excluding steroid dienone is 3.